The molecule has 0 radical (unpaired) electrons. The fraction of sp³-hybridized carbons (Fsp3) is 0.690. The summed E-state index contributed by atoms with van der Waals surface area (Å²) in [7, 11) is 0. The third-order valence-corrected chi connectivity index (χ3v) is 7.54. The lowest BCUT2D eigenvalue weighted by Gasteiger charge is -2.36. The molecule has 0 spiro atoms. The minimum Gasteiger partial charge on any atom is -0.390 e. The average molecular weight is 502 g/mol. The van der Waals surface area contributed by atoms with Gasteiger partial charge in [0.2, 0.25) is 0 Å². The maximum Gasteiger partial charge on any atom is 0.138 e. The van der Waals surface area contributed by atoms with E-state index in [2.05, 4.69) is 55.6 Å². The first kappa shape index (κ1) is 27.9. The number of aliphatic hydroxyl groups is 1. The fourth-order valence-corrected chi connectivity index (χ4v) is 5.85. The average Bonchev–Trinajstić information content (AvgIpc) is 3.43. The summed E-state index contributed by atoms with van der Waals surface area (Å²) < 4.78 is 2.37. The van der Waals surface area contributed by atoms with E-state index in [9.17, 15) is 9.90 Å². The van der Waals surface area contributed by atoms with Gasteiger partial charge in [0.15, 0.2) is 0 Å². The molecule has 2 aliphatic carbocycles. The number of hydrogen-bond donors (Lipinski definition) is 1. The molecular weight excluding hydrogens is 458 g/mol. The van der Waals surface area contributed by atoms with Crippen LogP contribution < -0.4 is 0 Å². The highest BCUT2D eigenvalue weighted by molar-refractivity contribution is 5.85. The Morgan fingerprint density at radius 1 is 1.17 bits per heavy atom. The summed E-state index contributed by atoms with van der Waals surface area (Å²) in [4.78, 5) is 13.2. The number of halogens is 1. The van der Waals surface area contributed by atoms with Crippen LogP contribution in [0.5, 0.6) is 0 Å². The fourth-order valence-electron chi connectivity index (χ4n) is 5.85. The van der Waals surface area contributed by atoms with Gasteiger partial charge < -0.3 is 9.67 Å². The van der Waals surface area contributed by atoms with Gasteiger partial charge in [-0.15, -0.1) is 22.6 Å². The zero-order valence-corrected chi connectivity index (χ0v) is 23.2. The van der Waals surface area contributed by atoms with Crippen molar-refractivity contribution in [1.82, 2.24) is 14.8 Å². The van der Waals surface area contributed by atoms with Gasteiger partial charge in [0.1, 0.15) is 17.4 Å². The minimum absolute atomic E-state index is 0. The third kappa shape index (κ3) is 7.16. The topological polar surface area (TPSA) is 68.0 Å². The van der Waals surface area contributed by atoms with Crippen LogP contribution >= 0.6 is 12.4 Å². The Morgan fingerprint density at radius 3 is 2.43 bits per heavy atom. The van der Waals surface area contributed by atoms with Crippen molar-refractivity contribution in [2.24, 2.45) is 11.8 Å². The molecule has 0 amide bonds. The number of nitrogens with zero attached hydrogens (tertiary/aromatic N) is 3. The number of carbonyl (C=O) groups is 1. The number of benzene rings is 1. The number of Topliss-reactive ketones (excluding diaryl/α,β-unsaturated/α-hetero) is 1. The van der Waals surface area contributed by atoms with Gasteiger partial charge >= 0.3 is 0 Å². The molecule has 1 aromatic carbocycles. The van der Waals surface area contributed by atoms with E-state index in [1.165, 1.54) is 24.8 Å². The van der Waals surface area contributed by atoms with Crippen LogP contribution in [0, 0.1) is 25.7 Å². The number of carbonyl (C=O) groups excluding carboxylic acids is 1. The van der Waals surface area contributed by atoms with Crippen LogP contribution in [0.2, 0.25) is 0 Å². The molecule has 194 valence electrons. The second-order valence-electron chi connectivity index (χ2n) is 12.2. The molecule has 0 bridgehead atoms. The lowest BCUT2D eigenvalue weighted by molar-refractivity contribution is -0.119. The molecule has 5 nitrogen and oxygen atoms in total. The van der Waals surface area contributed by atoms with Gasteiger partial charge in [-0.25, -0.2) is 0 Å². The number of hydrogen-bond acceptors (Lipinski definition) is 4. The number of aryl methyl sites for hydroxylation is 2. The molecule has 0 aliphatic heterocycles. The second-order valence-corrected chi connectivity index (χ2v) is 12.2. The van der Waals surface area contributed by atoms with Gasteiger partial charge in [0.25, 0.3) is 0 Å². The Morgan fingerprint density at radius 2 is 1.86 bits per heavy atom. The monoisotopic (exact) mass is 501 g/mol. The molecule has 2 aliphatic rings. The normalized spacial score (nSPS) is 20.9. The Labute approximate surface area is 217 Å². The molecule has 2 fully saturated rings. The summed E-state index contributed by atoms with van der Waals surface area (Å²) in [5.41, 5.74) is 2.60. The highest BCUT2D eigenvalue weighted by Crippen LogP contribution is 2.48. The molecule has 1 heterocycles. The highest BCUT2D eigenvalue weighted by Gasteiger charge is 2.40. The van der Waals surface area contributed by atoms with Crippen LogP contribution in [0.25, 0.3) is 0 Å². The van der Waals surface area contributed by atoms with Gasteiger partial charge in [-0.1, -0.05) is 37.6 Å². The van der Waals surface area contributed by atoms with Crippen molar-refractivity contribution in [3.05, 3.63) is 46.5 Å². The molecule has 6 heteroatoms. The van der Waals surface area contributed by atoms with E-state index >= 15 is 0 Å². The van der Waals surface area contributed by atoms with Gasteiger partial charge in [0.05, 0.1) is 5.60 Å². The Hall–Kier alpha value is -1.72. The molecular formula is C29H44ClN3O2. The van der Waals surface area contributed by atoms with Crippen LogP contribution in [-0.4, -0.2) is 31.3 Å². The SMILES string of the molecule is Cc1ccc(CC(=O)C[C@@H](CC(C)(C)O)c2nnc(C3CC(CC(C)C)C3)n2C2CC2)c(C)c1.Cl. The smallest absolute Gasteiger partial charge is 0.138 e. The van der Waals surface area contributed by atoms with Gasteiger partial charge in [-0.3, -0.25) is 4.79 Å². The quantitative estimate of drug-likeness (QED) is 0.374. The molecule has 1 atom stereocenters. The minimum atomic E-state index is -0.871. The first-order valence-corrected chi connectivity index (χ1v) is 13.2. The Balaban J connectivity index is 0.00000342. The molecule has 35 heavy (non-hydrogen) atoms. The van der Waals surface area contributed by atoms with Crippen molar-refractivity contribution in [3.8, 4) is 0 Å². The molecule has 2 saturated carbocycles. The van der Waals surface area contributed by atoms with E-state index in [-0.39, 0.29) is 24.1 Å². The maximum absolute atomic E-state index is 13.2. The third-order valence-electron chi connectivity index (χ3n) is 7.54. The van der Waals surface area contributed by atoms with E-state index < -0.39 is 5.60 Å². The summed E-state index contributed by atoms with van der Waals surface area (Å²) in [6.45, 7) is 12.4. The van der Waals surface area contributed by atoms with Crippen LogP contribution in [0.15, 0.2) is 18.2 Å². The molecule has 1 N–H and O–H groups in total. The molecule has 2 aromatic rings. The van der Waals surface area contributed by atoms with E-state index in [1.807, 2.05) is 13.8 Å². The van der Waals surface area contributed by atoms with Gasteiger partial charge in [-0.05, 0) is 89.2 Å². The molecule has 1 aromatic heterocycles. The van der Waals surface area contributed by atoms with E-state index in [1.54, 1.807) is 0 Å². The molecule has 4 rings (SSSR count). The standard InChI is InChI=1S/C29H43N3O2.ClH/c1-18(2)11-21-13-23(14-21)27-30-31-28(32(27)25-9-10-25)24(17-29(5,6)34)16-26(33)15-22-8-7-19(3)12-20(22)4;/h7-8,12,18,21,23-25,34H,9-11,13-17H2,1-6H3;1H/t21?,23?,24-;/m0./s1. The van der Waals surface area contributed by atoms with Gasteiger partial charge in [0, 0.05) is 30.7 Å². The second kappa shape index (κ2) is 11.1. The lowest BCUT2D eigenvalue weighted by Crippen LogP contribution is -2.28. The highest BCUT2D eigenvalue weighted by atomic mass is 35.5. The van der Waals surface area contributed by atoms with Crippen molar-refractivity contribution in [2.45, 2.75) is 116 Å². The number of ketones is 1. The summed E-state index contributed by atoms with van der Waals surface area (Å²) in [5, 5.41) is 20.1. The van der Waals surface area contributed by atoms with Crippen molar-refractivity contribution in [3.63, 3.8) is 0 Å². The van der Waals surface area contributed by atoms with Crippen LogP contribution in [-0.2, 0) is 11.2 Å². The first-order valence-electron chi connectivity index (χ1n) is 13.2. The first-order chi connectivity index (χ1) is 16.0. The lowest BCUT2D eigenvalue weighted by atomic mass is 9.71. The summed E-state index contributed by atoms with van der Waals surface area (Å²) in [5.74, 6) is 4.15. The van der Waals surface area contributed by atoms with E-state index in [0.29, 0.717) is 31.2 Å². The summed E-state index contributed by atoms with van der Waals surface area (Å²) >= 11 is 0. The Kier molecular flexibility index (Phi) is 8.86. The summed E-state index contributed by atoms with van der Waals surface area (Å²) in [6.07, 6.45) is 7.33. The summed E-state index contributed by atoms with van der Waals surface area (Å²) in [6, 6.07) is 6.74. The number of rotatable bonds is 11. The maximum atomic E-state index is 13.2. The largest absolute Gasteiger partial charge is 0.390 e. The predicted molar refractivity (Wildman–Crippen MR) is 143 cm³/mol. The van der Waals surface area contributed by atoms with Crippen molar-refractivity contribution in [1.29, 1.82) is 0 Å². The van der Waals surface area contributed by atoms with Crippen LogP contribution in [0.3, 0.4) is 0 Å². The number of aromatic nitrogens is 3. The molecule has 0 saturated heterocycles. The Bertz CT molecular complexity index is 1010. The zero-order chi connectivity index (χ0) is 24.6. The van der Waals surface area contributed by atoms with Crippen molar-refractivity contribution >= 4 is 18.2 Å². The molecule has 0 unspecified atom stereocenters. The zero-order valence-electron chi connectivity index (χ0n) is 22.4. The van der Waals surface area contributed by atoms with E-state index in [4.69, 9.17) is 5.10 Å². The van der Waals surface area contributed by atoms with Crippen molar-refractivity contribution in [2.75, 3.05) is 0 Å². The van der Waals surface area contributed by atoms with Crippen molar-refractivity contribution < 1.29 is 9.90 Å². The predicted octanol–water partition coefficient (Wildman–Crippen LogP) is 6.64. The van der Waals surface area contributed by atoms with Crippen LogP contribution in [0.1, 0.15) is 119 Å². The van der Waals surface area contributed by atoms with E-state index in [0.717, 1.165) is 47.5 Å². The van der Waals surface area contributed by atoms with Crippen LogP contribution in [0.4, 0.5) is 0 Å². The van der Waals surface area contributed by atoms with Gasteiger partial charge in [-0.2, -0.15) is 0 Å².